The number of aromatic nitrogens is 4. The molecular weight excluding hydrogens is 759 g/mol. The molecule has 0 aliphatic carbocycles. The van der Waals surface area contributed by atoms with E-state index in [2.05, 4.69) is 49.9 Å². The van der Waals surface area contributed by atoms with Crippen molar-refractivity contribution < 1.29 is 27.1 Å². The summed E-state index contributed by atoms with van der Waals surface area (Å²) < 4.78 is 126. The Morgan fingerprint density at radius 2 is 1.47 bits per heavy atom. The van der Waals surface area contributed by atoms with Crippen molar-refractivity contribution in [2.45, 2.75) is 26.2 Å². The quantitative estimate of drug-likeness (QED) is 0.0915. The molecule has 9 aromatic rings. The van der Waals surface area contributed by atoms with Gasteiger partial charge in [0.15, 0.2) is 0 Å². The molecule has 0 unspecified atom stereocenters. The number of fused-ring (bicyclic) bond motifs is 5. The fourth-order valence-corrected chi connectivity index (χ4v) is 8.38. The Balaban J connectivity index is 1.12. The molecular formula is C54H43BN6O. The van der Waals surface area contributed by atoms with E-state index >= 15 is 0 Å². The van der Waals surface area contributed by atoms with Crippen LogP contribution < -0.4 is 20.4 Å². The predicted octanol–water partition coefficient (Wildman–Crippen LogP) is 10.6. The number of aliphatic imine (C=N–C) groups is 1. The van der Waals surface area contributed by atoms with Crippen LogP contribution >= 0.6 is 0 Å². The number of pyridine rings is 1. The summed E-state index contributed by atoms with van der Waals surface area (Å²) in [5, 5.41) is 2.03. The van der Waals surface area contributed by atoms with E-state index in [0.717, 1.165) is 37.8 Å². The van der Waals surface area contributed by atoms with Gasteiger partial charge in [-0.1, -0.05) is 136 Å². The van der Waals surface area contributed by atoms with Crippen molar-refractivity contribution >= 4 is 51.4 Å². The van der Waals surface area contributed by atoms with Crippen molar-refractivity contribution in [1.29, 1.82) is 0 Å². The minimum atomic E-state index is -2.96. The molecule has 5 heterocycles. The van der Waals surface area contributed by atoms with Gasteiger partial charge < -0.3 is 18.7 Å². The Bertz CT molecular complexity index is 3860. The molecule has 0 saturated carbocycles. The maximum atomic E-state index is 9.15. The monoisotopic (exact) mass is 815 g/mol. The van der Waals surface area contributed by atoms with Crippen LogP contribution in [0.2, 0.25) is 0 Å². The van der Waals surface area contributed by atoms with Gasteiger partial charge in [-0.25, -0.2) is 9.98 Å². The highest BCUT2D eigenvalue weighted by molar-refractivity contribution is 6.87. The number of amidine groups is 1. The molecule has 0 radical (unpaired) electrons. The highest BCUT2D eigenvalue weighted by atomic mass is 16.5. The maximum Gasteiger partial charge on any atom is 0.316 e. The maximum absolute atomic E-state index is 9.15. The van der Waals surface area contributed by atoms with Crippen molar-refractivity contribution in [2.24, 2.45) is 12.0 Å². The summed E-state index contributed by atoms with van der Waals surface area (Å²) in [6, 6.07) is 23.4. The van der Waals surface area contributed by atoms with E-state index < -0.39 is 74.2 Å². The number of rotatable bonds is 7. The molecule has 6 aromatic carbocycles. The third-order valence-corrected chi connectivity index (χ3v) is 11.2. The van der Waals surface area contributed by atoms with E-state index in [4.69, 9.17) is 32.5 Å². The Morgan fingerprint density at radius 1 is 0.742 bits per heavy atom. The third-order valence-electron chi connectivity index (χ3n) is 11.2. The smallest absolute Gasteiger partial charge is 0.316 e. The number of ether oxygens (including phenoxy) is 1. The number of hydrogen-bond acceptors (Lipinski definition) is 4. The van der Waals surface area contributed by atoms with E-state index in [1.165, 1.54) is 22.8 Å². The second kappa shape index (κ2) is 14.8. The number of nitrogens with zero attached hydrogens (tertiary/aromatic N) is 6. The van der Waals surface area contributed by atoms with E-state index in [0.29, 0.717) is 23.0 Å². The molecule has 0 N–H and O–H groups in total. The highest BCUT2D eigenvalue weighted by Gasteiger charge is 2.40. The zero-order valence-electron chi connectivity index (χ0n) is 46.8. The second-order valence-electron chi connectivity index (χ2n) is 16.0. The van der Waals surface area contributed by atoms with Crippen LogP contribution in [-0.2, 0) is 12.4 Å². The van der Waals surface area contributed by atoms with Gasteiger partial charge in [-0.15, -0.1) is 0 Å². The van der Waals surface area contributed by atoms with Crippen molar-refractivity contribution in [2.75, 3.05) is 0 Å². The fraction of sp³-hybridized carbons (Fsp3) is 0.0926. The lowest BCUT2D eigenvalue weighted by Gasteiger charge is -2.36. The summed E-state index contributed by atoms with van der Waals surface area (Å²) in [6.45, 7) is 2.18. The van der Waals surface area contributed by atoms with Crippen molar-refractivity contribution in [3.63, 3.8) is 0 Å². The molecule has 0 fully saturated rings. The lowest BCUT2D eigenvalue weighted by Crippen LogP contribution is -2.67. The van der Waals surface area contributed by atoms with Crippen molar-refractivity contribution in [1.82, 2.24) is 18.9 Å². The van der Waals surface area contributed by atoms with Crippen LogP contribution in [-0.4, -0.2) is 31.6 Å². The highest BCUT2D eigenvalue weighted by Crippen LogP contribution is 2.37. The molecule has 0 atom stereocenters. The van der Waals surface area contributed by atoms with E-state index in [1.807, 2.05) is 42.6 Å². The average Bonchev–Trinajstić information content (AvgIpc) is 3.97. The van der Waals surface area contributed by atoms with Crippen LogP contribution in [0.5, 0.6) is 11.5 Å². The minimum absolute atomic E-state index is 0.000809. The number of hydrogen-bond donors (Lipinski definition) is 0. The molecule has 0 spiro atoms. The molecule has 298 valence electrons. The summed E-state index contributed by atoms with van der Waals surface area (Å²) in [5.74, 6) is 2.02. The van der Waals surface area contributed by atoms with Gasteiger partial charge in [0.05, 0.1) is 47.1 Å². The molecule has 62 heavy (non-hydrogen) atoms. The number of benzene rings is 6. The largest absolute Gasteiger partial charge is 0.458 e. The molecule has 0 bridgehead atoms. The molecule has 3 aromatic heterocycles. The summed E-state index contributed by atoms with van der Waals surface area (Å²) in [6.07, 6.45) is 11.6. The van der Waals surface area contributed by atoms with Gasteiger partial charge in [0.25, 0.3) is 0 Å². The van der Waals surface area contributed by atoms with Crippen LogP contribution in [0.3, 0.4) is 0 Å². The average molecular weight is 816 g/mol. The van der Waals surface area contributed by atoms with Gasteiger partial charge in [-0.2, -0.15) is 0 Å². The van der Waals surface area contributed by atoms with Gasteiger partial charge in [-0.05, 0) is 99.5 Å². The standard InChI is InChI=1S/C54H43BN6O/c1-54(2,3)39-30-31-56-50(33-39)61-47-26-12-11-23-45(47)46-29-28-42(35-48(46)61)62-41-22-15-21-40(34-41)59-36-58(4)52-53(59)57-49-27-13-14-32-60(49)55(52)51-43(37-17-7-5-8-18-37)24-16-25-44(51)38-19-9-6-10-20-38/h5-35H,1-4H3/i4D3,5D,6D,7D,8D,9D,10D,17D,18D,19D,20D. The van der Waals surface area contributed by atoms with Gasteiger partial charge in [-0.3, -0.25) is 4.57 Å². The Kier molecular flexibility index (Phi) is 6.15. The summed E-state index contributed by atoms with van der Waals surface area (Å²) >= 11 is 0. The number of aryl methyl sites for hydroxylation is 1. The zero-order valence-corrected chi connectivity index (χ0v) is 33.8. The molecule has 7 nitrogen and oxygen atoms in total. The lowest BCUT2D eigenvalue weighted by atomic mass is 9.47. The number of imidazole rings is 1. The van der Waals surface area contributed by atoms with Gasteiger partial charge in [0.1, 0.15) is 29.0 Å². The Hall–Kier alpha value is -7.71. The minimum Gasteiger partial charge on any atom is -0.458 e. The Labute approximate surface area is 380 Å². The molecule has 0 amide bonds. The number of allylic oxidation sites excluding steroid dienone is 2. The SMILES string of the molecule is [2H]c1c([2H])c([2H])c(-c2cccc(-c3c([2H])c([2H])c([2H])c([2H])c3[2H])c2B2c3c(n(-c4cccc(Oc5ccc6c7ccccc7n(-c7cc(C(C)(C)C)ccn7)c6c5)c4)[c-][n+]3C([2H])([2H])[2H])N=C3C=CC=CN23)c([2H])c1[2H]. The van der Waals surface area contributed by atoms with Crippen LogP contribution in [0.1, 0.15) is 44.2 Å². The first-order valence-electron chi connectivity index (χ1n) is 26.5. The second-order valence-corrected chi connectivity index (χ2v) is 16.0. The van der Waals surface area contributed by atoms with Crippen LogP contribution in [0.4, 0.5) is 5.82 Å². The lowest BCUT2D eigenvalue weighted by molar-refractivity contribution is -0.658. The fourth-order valence-electron chi connectivity index (χ4n) is 8.38. The molecule has 0 saturated heterocycles. The van der Waals surface area contributed by atoms with Gasteiger partial charge in [0, 0.05) is 23.0 Å². The first-order valence-corrected chi connectivity index (χ1v) is 20.0. The molecule has 2 aliphatic heterocycles. The summed E-state index contributed by atoms with van der Waals surface area (Å²) in [5.41, 5.74) is 2.82. The van der Waals surface area contributed by atoms with Crippen LogP contribution in [0.25, 0.3) is 55.6 Å². The Morgan fingerprint density at radius 3 is 2.23 bits per heavy atom. The number of para-hydroxylation sites is 1. The summed E-state index contributed by atoms with van der Waals surface area (Å²) in [4.78, 5) is 11.5. The van der Waals surface area contributed by atoms with E-state index in [-0.39, 0.29) is 44.5 Å². The summed E-state index contributed by atoms with van der Waals surface area (Å²) in [7, 11) is 0. The van der Waals surface area contributed by atoms with Crippen LogP contribution in [0, 0.1) is 6.33 Å². The molecule has 2 aliphatic rings. The third kappa shape index (κ3) is 6.34. The van der Waals surface area contributed by atoms with Gasteiger partial charge >= 0.3 is 6.85 Å². The first-order chi connectivity index (χ1) is 35.6. The zero-order chi connectivity index (χ0) is 53.2. The van der Waals surface area contributed by atoms with Crippen molar-refractivity contribution in [3.05, 3.63) is 200 Å². The first kappa shape index (κ1) is 25.8. The topological polar surface area (TPSA) is 51.5 Å². The van der Waals surface area contributed by atoms with E-state index in [9.17, 15) is 0 Å². The molecule has 8 heteroatoms. The molecule has 11 rings (SSSR count). The van der Waals surface area contributed by atoms with Crippen molar-refractivity contribution in [3.8, 4) is 45.3 Å². The predicted molar refractivity (Wildman–Crippen MR) is 253 cm³/mol. The van der Waals surface area contributed by atoms with E-state index in [1.54, 1.807) is 53.5 Å². The normalized spacial score (nSPS) is 16.6. The van der Waals surface area contributed by atoms with Gasteiger partial charge in [0.2, 0.25) is 6.33 Å². The van der Waals surface area contributed by atoms with Crippen LogP contribution in [0.15, 0.2) is 193 Å².